The van der Waals surface area contributed by atoms with Gasteiger partial charge in [0.25, 0.3) is 5.91 Å². The highest BCUT2D eigenvalue weighted by molar-refractivity contribution is 8.16. The van der Waals surface area contributed by atoms with E-state index in [1.54, 1.807) is 24.3 Å². The zero-order valence-electron chi connectivity index (χ0n) is 15.1. The number of nitrogens with zero attached hydrogens (tertiary/aromatic N) is 2. The van der Waals surface area contributed by atoms with Crippen LogP contribution in [0.1, 0.15) is 21.5 Å². The van der Waals surface area contributed by atoms with Crippen LogP contribution >= 0.6 is 11.8 Å². The Morgan fingerprint density at radius 2 is 1.81 bits per heavy atom. The van der Waals surface area contributed by atoms with Gasteiger partial charge < -0.3 is 4.90 Å². The average molecular weight is 401 g/mol. The number of amidine groups is 1. The normalized spacial score (nSPS) is 25.0. The van der Waals surface area contributed by atoms with Gasteiger partial charge in [-0.05, 0) is 49.2 Å². The molecule has 2 unspecified atom stereocenters. The minimum Gasteiger partial charge on any atom is -0.316 e. The van der Waals surface area contributed by atoms with E-state index in [2.05, 4.69) is 4.99 Å². The topological polar surface area (TPSA) is 66.8 Å². The summed E-state index contributed by atoms with van der Waals surface area (Å²) in [6.45, 7) is 4.06. The molecule has 2 aliphatic heterocycles. The van der Waals surface area contributed by atoms with Gasteiger partial charge in [0.2, 0.25) is 0 Å². The summed E-state index contributed by atoms with van der Waals surface area (Å²) in [5.41, 5.74) is 3.70. The Kier molecular flexibility index (Phi) is 4.60. The van der Waals surface area contributed by atoms with Crippen LogP contribution in [-0.2, 0) is 9.84 Å². The molecule has 0 aliphatic carbocycles. The number of carbonyl (C=O) groups excluding carboxylic acids is 1. The van der Waals surface area contributed by atoms with Crippen LogP contribution < -0.4 is 4.90 Å². The molecular weight excluding hydrogens is 380 g/mol. The molecule has 0 saturated carbocycles. The maximum Gasteiger partial charge on any atom is 0.279 e. The fourth-order valence-corrected chi connectivity index (χ4v) is 7.39. The summed E-state index contributed by atoms with van der Waals surface area (Å²) in [6, 6.07) is 14.8. The lowest BCUT2D eigenvalue weighted by Gasteiger charge is -2.25. The Balaban J connectivity index is 1.75. The first kappa shape index (κ1) is 18.3. The fourth-order valence-electron chi connectivity index (χ4n) is 3.47. The van der Waals surface area contributed by atoms with E-state index in [4.69, 9.17) is 0 Å². The van der Waals surface area contributed by atoms with Crippen LogP contribution in [0.5, 0.6) is 0 Å². The summed E-state index contributed by atoms with van der Waals surface area (Å²) in [6.07, 6.45) is 0. The summed E-state index contributed by atoms with van der Waals surface area (Å²) < 4.78 is 24.3. The van der Waals surface area contributed by atoms with Crippen molar-refractivity contribution in [1.29, 1.82) is 0 Å². The number of hydrogen-bond acceptors (Lipinski definition) is 4. The van der Waals surface area contributed by atoms with Crippen LogP contribution in [0.4, 0.5) is 5.69 Å². The van der Waals surface area contributed by atoms with Gasteiger partial charge in [-0.15, -0.1) is 0 Å². The predicted octanol–water partition coefficient (Wildman–Crippen LogP) is 3.22. The molecule has 2 atom stereocenters. The second kappa shape index (κ2) is 6.80. The smallest absolute Gasteiger partial charge is 0.279 e. The lowest BCUT2D eigenvalue weighted by Crippen LogP contribution is -2.37. The number of thioether (sulfide) groups is 1. The van der Waals surface area contributed by atoms with E-state index in [0.717, 1.165) is 11.3 Å². The molecule has 2 aromatic rings. The number of hydrogen-bond donors (Lipinski definition) is 0. The first-order valence-electron chi connectivity index (χ1n) is 8.76. The molecular formula is C20H20N2O3S2. The van der Waals surface area contributed by atoms with Crippen LogP contribution in [-0.4, -0.2) is 42.3 Å². The molecule has 27 heavy (non-hydrogen) atoms. The number of aryl methyl sites for hydroxylation is 2. The first-order valence-corrected chi connectivity index (χ1v) is 11.5. The highest BCUT2D eigenvalue weighted by Crippen LogP contribution is 2.41. The Bertz CT molecular complexity index is 1030. The van der Waals surface area contributed by atoms with Gasteiger partial charge in [-0.25, -0.2) is 8.42 Å². The van der Waals surface area contributed by atoms with E-state index >= 15 is 0 Å². The van der Waals surface area contributed by atoms with Crippen molar-refractivity contribution < 1.29 is 13.2 Å². The van der Waals surface area contributed by atoms with Crippen LogP contribution in [0.3, 0.4) is 0 Å². The zero-order chi connectivity index (χ0) is 19.2. The minimum absolute atomic E-state index is 0.0934. The summed E-state index contributed by atoms with van der Waals surface area (Å²) in [5.74, 6) is -0.0898. The largest absolute Gasteiger partial charge is 0.316 e. The van der Waals surface area contributed by atoms with Crippen LogP contribution in [0.2, 0.25) is 0 Å². The van der Waals surface area contributed by atoms with Gasteiger partial charge in [-0.2, -0.15) is 4.99 Å². The molecule has 2 aliphatic rings. The molecule has 0 aromatic heterocycles. The standard InChI is InChI=1S/C20H20N2O3S2/c1-13-8-9-16(10-14(13)2)22-17-11-27(24,25)12-18(17)26-20(22)21-19(23)15-6-4-3-5-7-15/h3-10,17-18H,11-12H2,1-2H3. The molecule has 0 bridgehead atoms. The zero-order valence-corrected chi connectivity index (χ0v) is 16.8. The lowest BCUT2D eigenvalue weighted by atomic mass is 10.1. The summed E-state index contributed by atoms with van der Waals surface area (Å²) in [7, 11) is -3.07. The number of sulfone groups is 1. The van der Waals surface area contributed by atoms with Crippen molar-refractivity contribution in [2.45, 2.75) is 25.1 Å². The van der Waals surface area contributed by atoms with Gasteiger partial charge in [-0.3, -0.25) is 4.79 Å². The second-order valence-corrected chi connectivity index (χ2v) is 10.4. The highest BCUT2D eigenvalue weighted by atomic mass is 32.2. The van der Waals surface area contributed by atoms with Crippen molar-refractivity contribution in [3.05, 3.63) is 65.2 Å². The van der Waals surface area contributed by atoms with Gasteiger partial charge in [0, 0.05) is 16.5 Å². The second-order valence-electron chi connectivity index (χ2n) is 7.00. The Hall–Kier alpha value is -2.12. The van der Waals surface area contributed by atoms with Crippen molar-refractivity contribution in [2.24, 2.45) is 4.99 Å². The molecule has 4 rings (SSSR count). The van der Waals surface area contributed by atoms with Gasteiger partial charge in [0.05, 0.1) is 17.5 Å². The molecule has 0 spiro atoms. The summed E-state index contributed by atoms with van der Waals surface area (Å²) in [5, 5.41) is 0.482. The highest BCUT2D eigenvalue weighted by Gasteiger charge is 2.49. The van der Waals surface area contributed by atoms with E-state index in [9.17, 15) is 13.2 Å². The number of aliphatic imine (C=N–C) groups is 1. The minimum atomic E-state index is -3.07. The maximum atomic E-state index is 12.6. The monoisotopic (exact) mass is 400 g/mol. The summed E-state index contributed by atoms with van der Waals surface area (Å²) in [4.78, 5) is 18.9. The molecule has 0 radical (unpaired) electrons. The number of anilines is 1. The molecule has 140 valence electrons. The maximum absolute atomic E-state index is 12.6. The Morgan fingerprint density at radius 3 is 2.52 bits per heavy atom. The third-order valence-electron chi connectivity index (χ3n) is 5.05. The molecule has 2 fully saturated rings. The van der Waals surface area contributed by atoms with E-state index in [-0.39, 0.29) is 28.7 Å². The van der Waals surface area contributed by atoms with Gasteiger partial charge >= 0.3 is 0 Å². The molecule has 2 aromatic carbocycles. The molecule has 0 N–H and O–H groups in total. The van der Waals surface area contributed by atoms with E-state index in [0.29, 0.717) is 10.7 Å². The van der Waals surface area contributed by atoms with E-state index in [1.165, 1.54) is 17.3 Å². The lowest BCUT2D eigenvalue weighted by molar-refractivity contribution is 0.100. The van der Waals surface area contributed by atoms with Crippen molar-refractivity contribution in [2.75, 3.05) is 16.4 Å². The van der Waals surface area contributed by atoms with Crippen molar-refractivity contribution in [1.82, 2.24) is 0 Å². The number of rotatable bonds is 2. The summed E-state index contributed by atoms with van der Waals surface area (Å²) >= 11 is 1.40. The predicted molar refractivity (Wildman–Crippen MR) is 110 cm³/mol. The first-order chi connectivity index (χ1) is 12.8. The van der Waals surface area contributed by atoms with E-state index < -0.39 is 9.84 Å². The number of amides is 1. The van der Waals surface area contributed by atoms with E-state index in [1.807, 2.05) is 43.0 Å². The molecule has 5 nitrogen and oxygen atoms in total. The Labute approximate surface area is 163 Å². The molecule has 1 amide bonds. The quantitative estimate of drug-likeness (QED) is 0.774. The van der Waals surface area contributed by atoms with Gasteiger partial charge in [-0.1, -0.05) is 36.0 Å². The molecule has 2 saturated heterocycles. The SMILES string of the molecule is Cc1ccc(N2C(=NC(=O)c3ccccc3)SC3CS(=O)(=O)CC32)cc1C. The van der Waals surface area contributed by atoms with Gasteiger partial charge in [0.1, 0.15) is 0 Å². The number of fused-ring (bicyclic) bond motifs is 1. The third kappa shape index (κ3) is 3.53. The number of carbonyl (C=O) groups is 1. The van der Waals surface area contributed by atoms with Crippen LogP contribution in [0.25, 0.3) is 0 Å². The Morgan fingerprint density at radius 1 is 1.07 bits per heavy atom. The average Bonchev–Trinajstić information content (AvgIpc) is 3.09. The number of benzene rings is 2. The van der Waals surface area contributed by atoms with Crippen molar-refractivity contribution >= 4 is 38.4 Å². The van der Waals surface area contributed by atoms with Crippen molar-refractivity contribution in [3.63, 3.8) is 0 Å². The fraction of sp³-hybridized carbons (Fsp3) is 0.300. The van der Waals surface area contributed by atoms with Gasteiger partial charge in [0.15, 0.2) is 15.0 Å². The molecule has 7 heteroatoms. The third-order valence-corrected chi connectivity index (χ3v) is 8.26. The van der Waals surface area contributed by atoms with Crippen LogP contribution in [0, 0.1) is 13.8 Å². The van der Waals surface area contributed by atoms with Crippen molar-refractivity contribution in [3.8, 4) is 0 Å². The van der Waals surface area contributed by atoms with Crippen LogP contribution in [0.15, 0.2) is 53.5 Å². The molecule has 2 heterocycles.